The van der Waals surface area contributed by atoms with Crippen LogP contribution in [0.25, 0.3) is 0 Å². The van der Waals surface area contributed by atoms with Gasteiger partial charge in [-0.3, -0.25) is 0 Å². The summed E-state index contributed by atoms with van der Waals surface area (Å²) in [6, 6.07) is 3.76. The lowest BCUT2D eigenvalue weighted by Crippen LogP contribution is -2.26. The third-order valence-corrected chi connectivity index (χ3v) is 4.96. The average Bonchev–Trinajstić information content (AvgIpc) is 3.10. The quantitative estimate of drug-likeness (QED) is 0.850. The Hall–Kier alpha value is -1.99. The molecule has 2 aliphatic rings. The van der Waals surface area contributed by atoms with Crippen LogP contribution in [0.5, 0.6) is 5.75 Å². The van der Waals surface area contributed by atoms with Crippen LogP contribution in [-0.2, 0) is 24.3 Å². The predicted molar refractivity (Wildman–Crippen MR) is 89.9 cm³/mol. The molecular weight excluding hydrogens is 323 g/mol. The fourth-order valence-electron chi connectivity index (χ4n) is 3.47. The summed E-state index contributed by atoms with van der Waals surface area (Å²) in [7, 11) is 2.07. The van der Waals surface area contributed by atoms with Crippen molar-refractivity contribution in [1.29, 1.82) is 0 Å². The van der Waals surface area contributed by atoms with Gasteiger partial charge in [0, 0.05) is 26.3 Å². The summed E-state index contributed by atoms with van der Waals surface area (Å²) in [5.74, 6) is -0.0187. The minimum Gasteiger partial charge on any atom is -0.484 e. The maximum Gasteiger partial charge on any atom is 0.165 e. The molecule has 0 spiro atoms. The maximum atomic E-state index is 14.3. The highest BCUT2D eigenvalue weighted by Crippen LogP contribution is 2.27. The molecule has 1 aromatic heterocycles. The number of fused-ring (bicyclic) bond motifs is 1. The second kappa shape index (κ2) is 7.09. The van der Waals surface area contributed by atoms with E-state index in [0.717, 1.165) is 56.7 Å². The monoisotopic (exact) mass is 346 g/mol. The molecule has 0 aliphatic carbocycles. The highest BCUT2D eigenvalue weighted by atomic mass is 19.1. The molecule has 25 heavy (non-hydrogen) atoms. The Bertz CT molecular complexity index is 743. The van der Waals surface area contributed by atoms with Gasteiger partial charge in [-0.25, -0.2) is 9.07 Å². The Morgan fingerprint density at radius 2 is 2.12 bits per heavy atom. The van der Waals surface area contributed by atoms with Gasteiger partial charge >= 0.3 is 0 Å². The summed E-state index contributed by atoms with van der Waals surface area (Å²) >= 11 is 0. The molecular formula is C18H23FN4O2. The van der Waals surface area contributed by atoms with Gasteiger partial charge in [0.05, 0.1) is 12.2 Å². The molecule has 0 atom stereocenters. The first-order chi connectivity index (χ1) is 12.2. The lowest BCUT2D eigenvalue weighted by Gasteiger charge is -2.25. The summed E-state index contributed by atoms with van der Waals surface area (Å²) in [6.45, 7) is 3.51. The first-order valence-electron chi connectivity index (χ1n) is 8.80. The van der Waals surface area contributed by atoms with Crippen molar-refractivity contribution in [2.75, 3.05) is 26.8 Å². The normalized spacial score (nSPS) is 19.0. The molecule has 1 fully saturated rings. The largest absolute Gasteiger partial charge is 0.484 e. The molecule has 0 amide bonds. The number of likely N-dealkylation sites (N-methyl/N-ethyl adjacent to an activating group) is 1. The number of hydrogen-bond donors (Lipinski definition) is 0. The first-order valence-corrected chi connectivity index (χ1v) is 8.80. The van der Waals surface area contributed by atoms with E-state index in [1.165, 1.54) is 0 Å². The molecule has 0 N–H and O–H groups in total. The van der Waals surface area contributed by atoms with Gasteiger partial charge in [-0.05, 0) is 49.6 Å². The third kappa shape index (κ3) is 3.67. The van der Waals surface area contributed by atoms with Gasteiger partial charge in [-0.2, -0.15) is 0 Å². The van der Waals surface area contributed by atoms with Crippen LogP contribution in [0.15, 0.2) is 18.3 Å². The molecule has 1 aromatic carbocycles. The van der Waals surface area contributed by atoms with Crippen molar-refractivity contribution < 1.29 is 13.9 Å². The molecule has 0 radical (unpaired) electrons. The summed E-state index contributed by atoms with van der Waals surface area (Å²) in [6.07, 6.45) is 4.65. The lowest BCUT2D eigenvalue weighted by molar-refractivity contribution is 0.0657. The van der Waals surface area contributed by atoms with Crippen LogP contribution in [-0.4, -0.2) is 46.7 Å². The van der Waals surface area contributed by atoms with Gasteiger partial charge in [0.2, 0.25) is 0 Å². The number of aromatic nitrogens is 3. The Labute approximate surface area is 146 Å². The lowest BCUT2D eigenvalue weighted by atomic mass is 9.99. The van der Waals surface area contributed by atoms with Crippen molar-refractivity contribution in [2.45, 2.75) is 38.5 Å². The number of nitrogens with zero attached hydrogens (tertiary/aromatic N) is 4. The average molecular weight is 346 g/mol. The standard InChI is InChI=1S/C18H23FN4O2/c1-22-5-2-13-8-17(19)18(9-14(13)10-22)25-12-15-11-23(21-20-15)16-3-6-24-7-4-16/h8-9,11,16H,2-7,10,12H2,1H3. The second-order valence-corrected chi connectivity index (χ2v) is 6.86. The van der Waals surface area contributed by atoms with Crippen LogP contribution < -0.4 is 4.74 Å². The van der Waals surface area contributed by atoms with E-state index in [9.17, 15) is 4.39 Å². The van der Waals surface area contributed by atoms with Crippen LogP contribution in [0.4, 0.5) is 4.39 Å². The zero-order chi connectivity index (χ0) is 17.2. The Kier molecular flexibility index (Phi) is 4.67. The molecule has 4 rings (SSSR count). The van der Waals surface area contributed by atoms with Gasteiger partial charge in [-0.1, -0.05) is 5.21 Å². The van der Waals surface area contributed by atoms with Gasteiger partial charge in [-0.15, -0.1) is 5.10 Å². The minimum atomic E-state index is -0.305. The molecule has 1 saturated heterocycles. The second-order valence-electron chi connectivity index (χ2n) is 6.86. The molecule has 0 saturated carbocycles. The number of rotatable bonds is 4. The number of ether oxygens (including phenoxy) is 2. The van der Waals surface area contributed by atoms with Crippen molar-refractivity contribution in [2.24, 2.45) is 0 Å². The van der Waals surface area contributed by atoms with E-state index in [2.05, 4.69) is 22.3 Å². The number of hydrogen-bond acceptors (Lipinski definition) is 5. The smallest absolute Gasteiger partial charge is 0.165 e. The van der Waals surface area contributed by atoms with Gasteiger partial charge in [0.15, 0.2) is 11.6 Å². The molecule has 7 heteroatoms. The minimum absolute atomic E-state index is 0.217. The van der Waals surface area contributed by atoms with Gasteiger partial charge in [0.1, 0.15) is 12.3 Å². The topological polar surface area (TPSA) is 52.4 Å². The fraction of sp³-hybridized carbons (Fsp3) is 0.556. The highest BCUT2D eigenvalue weighted by Gasteiger charge is 2.19. The zero-order valence-electron chi connectivity index (χ0n) is 14.4. The summed E-state index contributed by atoms with van der Waals surface area (Å²) in [4.78, 5) is 2.23. The zero-order valence-corrected chi connectivity index (χ0v) is 14.4. The number of benzene rings is 1. The Morgan fingerprint density at radius 3 is 2.96 bits per heavy atom. The third-order valence-electron chi connectivity index (χ3n) is 4.96. The van der Waals surface area contributed by atoms with E-state index < -0.39 is 0 Å². The molecule has 0 bridgehead atoms. The van der Waals surface area contributed by atoms with Crippen LogP contribution in [0, 0.1) is 5.82 Å². The number of halogens is 1. The summed E-state index contributed by atoms with van der Waals surface area (Å²) in [5, 5.41) is 8.34. The molecule has 2 aromatic rings. The molecule has 134 valence electrons. The molecule has 3 heterocycles. The van der Waals surface area contributed by atoms with Crippen LogP contribution >= 0.6 is 0 Å². The Balaban J connectivity index is 1.43. The predicted octanol–water partition coefficient (Wildman–Crippen LogP) is 2.34. The maximum absolute atomic E-state index is 14.3. The van der Waals surface area contributed by atoms with Crippen LogP contribution in [0.1, 0.15) is 35.7 Å². The Morgan fingerprint density at radius 1 is 1.28 bits per heavy atom. The van der Waals surface area contributed by atoms with E-state index in [4.69, 9.17) is 9.47 Å². The SMILES string of the molecule is CN1CCc2cc(F)c(OCc3cn(C4CCOCC4)nn3)cc2C1. The van der Waals surface area contributed by atoms with E-state index in [0.29, 0.717) is 11.7 Å². The summed E-state index contributed by atoms with van der Waals surface area (Å²) in [5.41, 5.74) is 2.92. The molecule has 6 nitrogen and oxygen atoms in total. The van der Waals surface area contributed by atoms with E-state index in [1.54, 1.807) is 6.07 Å². The van der Waals surface area contributed by atoms with Crippen molar-refractivity contribution in [3.05, 3.63) is 41.0 Å². The van der Waals surface area contributed by atoms with Crippen molar-refractivity contribution in [1.82, 2.24) is 19.9 Å². The fourth-order valence-corrected chi connectivity index (χ4v) is 3.47. The van der Waals surface area contributed by atoms with Crippen molar-refractivity contribution >= 4 is 0 Å². The van der Waals surface area contributed by atoms with E-state index in [-0.39, 0.29) is 18.2 Å². The van der Waals surface area contributed by atoms with Gasteiger partial charge in [0.25, 0.3) is 0 Å². The van der Waals surface area contributed by atoms with Crippen molar-refractivity contribution in [3.8, 4) is 5.75 Å². The van der Waals surface area contributed by atoms with Crippen LogP contribution in [0.3, 0.4) is 0 Å². The summed E-state index contributed by atoms with van der Waals surface area (Å²) < 4.78 is 27.2. The van der Waals surface area contributed by atoms with Crippen molar-refractivity contribution in [3.63, 3.8) is 0 Å². The first kappa shape index (κ1) is 16.5. The molecule has 0 unspecified atom stereocenters. The van der Waals surface area contributed by atoms with E-state index >= 15 is 0 Å². The van der Waals surface area contributed by atoms with E-state index in [1.807, 2.05) is 16.9 Å². The highest BCUT2D eigenvalue weighted by molar-refractivity contribution is 5.38. The van der Waals surface area contributed by atoms with Gasteiger partial charge < -0.3 is 14.4 Å². The molecule has 2 aliphatic heterocycles. The van der Waals surface area contributed by atoms with Crippen LogP contribution in [0.2, 0.25) is 0 Å².